The maximum atomic E-state index is 11.9. The molecule has 3 nitrogen and oxygen atoms in total. The quantitative estimate of drug-likeness (QED) is 0.556. The number of carbonyl (C=O) groups is 1. The average Bonchev–Trinajstić information content (AvgIpc) is 2.62. The number of hydrogen-bond acceptors (Lipinski definition) is 2. The summed E-state index contributed by atoms with van der Waals surface area (Å²) in [5, 5.41) is 6.24. The molecule has 1 N–H and O–H groups in total. The van der Waals surface area contributed by atoms with Crippen molar-refractivity contribution in [2.45, 2.75) is 6.42 Å². The van der Waals surface area contributed by atoms with Crippen LogP contribution in [0.3, 0.4) is 0 Å². The third-order valence-electron chi connectivity index (χ3n) is 3.62. The molecule has 1 amide bonds. The summed E-state index contributed by atoms with van der Waals surface area (Å²) in [6, 6.07) is 24.1. The molecule has 0 aromatic heterocycles. The lowest BCUT2D eigenvalue weighted by molar-refractivity contribution is -0.120. The van der Waals surface area contributed by atoms with E-state index in [1.165, 1.54) is 5.39 Å². The Kier molecular flexibility index (Phi) is 5.15. The highest BCUT2D eigenvalue weighted by Gasteiger charge is 2.02. The number of hydrazone groups is 1. The van der Waals surface area contributed by atoms with E-state index in [4.69, 9.17) is 0 Å². The van der Waals surface area contributed by atoms with Crippen LogP contribution in [0.5, 0.6) is 0 Å². The Bertz CT molecular complexity index is 882. The monoisotopic (exact) mass is 314 g/mol. The van der Waals surface area contributed by atoms with Gasteiger partial charge in [0.1, 0.15) is 0 Å². The molecule has 0 atom stereocenters. The molecule has 0 saturated heterocycles. The summed E-state index contributed by atoms with van der Waals surface area (Å²) in [7, 11) is 0. The van der Waals surface area contributed by atoms with Crippen LogP contribution >= 0.6 is 0 Å². The van der Waals surface area contributed by atoms with Gasteiger partial charge in [0, 0.05) is 6.21 Å². The molecule has 3 aromatic rings. The Hall–Kier alpha value is -3.20. The summed E-state index contributed by atoms with van der Waals surface area (Å²) >= 11 is 0. The van der Waals surface area contributed by atoms with E-state index in [-0.39, 0.29) is 5.91 Å². The SMILES string of the molecule is O=C(Cc1ccc2ccccc2c1)NN=C/C=C/c1ccccc1. The normalized spacial score (nSPS) is 11.3. The molecule has 3 rings (SSSR count). The molecule has 24 heavy (non-hydrogen) atoms. The van der Waals surface area contributed by atoms with Crippen LogP contribution in [0.15, 0.2) is 84.0 Å². The van der Waals surface area contributed by atoms with Crippen molar-refractivity contribution in [1.82, 2.24) is 5.43 Å². The minimum absolute atomic E-state index is 0.130. The van der Waals surface area contributed by atoms with Crippen LogP contribution in [0.25, 0.3) is 16.8 Å². The molecule has 3 aromatic carbocycles. The second-order valence-corrected chi connectivity index (χ2v) is 5.44. The van der Waals surface area contributed by atoms with Gasteiger partial charge in [-0.3, -0.25) is 4.79 Å². The number of hydrogen-bond donors (Lipinski definition) is 1. The van der Waals surface area contributed by atoms with E-state index >= 15 is 0 Å². The summed E-state index contributed by atoms with van der Waals surface area (Å²) in [6.07, 6.45) is 5.61. The minimum atomic E-state index is -0.130. The molecular weight excluding hydrogens is 296 g/mol. The predicted molar refractivity (Wildman–Crippen MR) is 99.8 cm³/mol. The van der Waals surface area contributed by atoms with Gasteiger partial charge in [0.15, 0.2) is 0 Å². The molecule has 0 spiro atoms. The van der Waals surface area contributed by atoms with Crippen LogP contribution in [-0.4, -0.2) is 12.1 Å². The lowest BCUT2D eigenvalue weighted by Crippen LogP contribution is -2.19. The van der Waals surface area contributed by atoms with Crippen molar-refractivity contribution in [2.75, 3.05) is 0 Å². The van der Waals surface area contributed by atoms with Crippen molar-refractivity contribution < 1.29 is 4.79 Å². The van der Waals surface area contributed by atoms with Crippen molar-refractivity contribution in [2.24, 2.45) is 5.10 Å². The molecule has 0 saturated carbocycles. The maximum absolute atomic E-state index is 11.9. The molecule has 0 heterocycles. The largest absolute Gasteiger partial charge is 0.273 e. The van der Waals surface area contributed by atoms with E-state index in [1.54, 1.807) is 12.3 Å². The lowest BCUT2D eigenvalue weighted by Gasteiger charge is -2.03. The van der Waals surface area contributed by atoms with Gasteiger partial charge < -0.3 is 0 Å². The second-order valence-electron chi connectivity index (χ2n) is 5.44. The molecule has 118 valence electrons. The van der Waals surface area contributed by atoms with Crippen LogP contribution in [0.2, 0.25) is 0 Å². The number of fused-ring (bicyclic) bond motifs is 1. The third kappa shape index (κ3) is 4.40. The van der Waals surface area contributed by atoms with Crippen molar-refractivity contribution in [3.63, 3.8) is 0 Å². The van der Waals surface area contributed by atoms with E-state index in [0.717, 1.165) is 16.5 Å². The van der Waals surface area contributed by atoms with Crippen LogP contribution in [0, 0.1) is 0 Å². The van der Waals surface area contributed by atoms with E-state index in [1.807, 2.05) is 72.8 Å². The van der Waals surface area contributed by atoms with Gasteiger partial charge >= 0.3 is 0 Å². The van der Waals surface area contributed by atoms with Gasteiger partial charge in [-0.2, -0.15) is 5.10 Å². The summed E-state index contributed by atoms with van der Waals surface area (Å²) in [5.74, 6) is -0.130. The Labute approximate surface area is 141 Å². The lowest BCUT2D eigenvalue weighted by atomic mass is 10.1. The van der Waals surface area contributed by atoms with Crippen molar-refractivity contribution in [3.8, 4) is 0 Å². The zero-order valence-electron chi connectivity index (χ0n) is 13.2. The molecule has 0 unspecified atom stereocenters. The van der Waals surface area contributed by atoms with E-state index in [2.05, 4.69) is 16.6 Å². The molecule has 3 heteroatoms. The summed E-state index contributed by atoms with van der Waals surface area (Å²) in [6.45, 7) is 0. The zero-order valence-corrected chi connectivity index (χ0v) is 13.2. The first-order valence-corrected chi connectivity index (χ1v) is 7.82. The van der Waals surface area contributed by atoms with Gasteiger partial charge in [0.25, 0.3) is 0 Å². The number of nitrogens with one attached hydrogen (secondary N) is 1. The van der Waals surface area contributed by atoms with Gasteiger partial charge in [0.2, 0.25) is 5.91 Å². The summed E-state index contributed by atoms with van der Waals surface area (Å²) in [5.41, 5.74) is 4.61. The van der Waals surface area contributed by atoms with Gasteiger partial charge in [0.05, 0.1) is 6.42 Å². The maximum Gasteiger partial charge on any atom is 0.244 e. The Morgan fingerprint density at radius 1 is 0.917 bits per heavy atom. The highest BCUT2D eigenvalue weighted by Crippen LogP contribution is 2.15. The van der Waals surface area contributed by atoms with E-state index < -0.39 is 0 Å². The molecular formula is C21H18N2O. The fraction of sp³-hybridized carbons (Fsp3) is 0.0476. The molecule has 0 aliphatic rings. The Balaban J connectivity index is 1.53. The fourth-order valence-electron chi connectivity index (χ4n) is 2.44. The van der Waals surface area contributed by atoms with Crippen LogP contribution < -0.4 is 5.43 Å². The number of rotatable bonds is 5. The van der Waals surface area contributed by atoms with Gasteiger partial charge in [-0.15, -0.1) is 0 Å². The van der Waals surface area contributed by atoms with Gasteiger partial charge in [-0.1, -0.05) is 78.9 Å². The zero-order chi connectivity index (χ0) is 16.6. The first kappa shape index (κ1) is 15.7. The summed E-state index contributed by atoms with van der Waals surface area (Å²) < 4.78 is 0. The van der Waals surface area contributed by atoms with Crippen molar-refractivity contribution >= 4 is 29.0 Å². The fourth-order valence-corrected chi connectivity index (χ4v) is 2.44. The third-order valence-corrected chi connectivity index (χ3v) is 3.62. The average molecular weight is 314 g/mol. The Morgan fingerprint density at radius 3 is 2.50 bits per heavy atom. The van der Waals surface area contributed by atoms with E-state index in [9.17, 15) is 4.79 Å². The highest BCUT2D eigenvalue weighted by molar-refractivity contribution is 5.86. The molecule has 0 aliphatic carbocycles. The number of allylic oxidation sites excluding steroid dienone is 1. The van der Waals surface area contributed by atoms with Gasteiger partial charge in [-0.25, -0.2) is 5.43 Å². The predicted octanol–water partition coefficient (Wildman–Crippen LogP) is 4.20. The highest BCUT2D eigenvalue weighted by atomic mass is 16.2. The van der Waals surface area contributed by atoms with Crippen LogP contribution in [0.4, 0.5) is 0 Å². The standard InChI is InChI=1S/C21H18N2O/c24-21(23-22-14-6-9-17-7-2-1-3-8-17)16-18-12-13-19-10-4-5-11-20(19)15-18/h1-15H,16H2,(H,23,24)/b9-6+,22-14?. The first-order valence-electron chi connectivity index (χ1n) is 7.82. The molecule has 0 fully saturated rings. The molecule has 0 bridgehead atoms. The molecule has 0 radical (unpaired) electrons. The molecule has 0 aliphatic heterocycles. The number of carbonyl (C=O) groups excluding carboxylic acids is 1. The summed E-state index contributed by atoms with van der Waals surface area (Å²) in [4.78, 5) is 11.9. The number of amides is 1. The van der Waals surface area contributed by atoms with E-state index in [0.29, 0.717) is 6.42 Å². The topological polar surface area (TPSA) is 41.5 Å². The van der Waals surface area contributed by atoms with Gasteiger partial charge in [-0.05, 0) is 28.0 Å². The number of benzene rings is 3. The smallest absolute Gasteiger partial charge is 0.244 e. The Morgan fingerprint density at radius 2 is 1.67 bits per heavy atom. The second kappa shape index (κ2) is 7.88. The minimum Gasteiger partial charge on any atom is -0.273 e. The van der Waals surface area contributed by atoms with Crippen LogP contribution in [-0.2, 0) is 11.2 Å². The first-order chi connectivity index (χ1) is 11.8. The number of nitrogens with zero attached hydrogens (tertiary/aromatic N) is 1. The van der Waals surface area contributed by atoms with Crippen molar-refractivity contribution in [3.05, 3.63) is 90.0 Å². The van der Waals surface area contributed by atoms with Crippen molar-refractivity contribution in [1.29, 1.82) is 0 Å². The van der Waals surface area contributed by atoms with Crippen LogP contribution in [0.1, 0.15) is 11.1 Å².